The van der Waals surface area contributed by atoms with Crippen LogP contribution in [0.25, 0.3) is 0 Å². The molecule has 0 aliphatic rings. The Hall–Kier alpha value is -0.690. The molecule has 6 heteroatoms. The smallest absolute Gasteiger partial charge is 0.206 e. The van der Waals surface area contributed by atoms with Crippen LogP contribution in [0.15, 0.2) is 44.4 Å². The Labute approximate surface area is 132 Å². The summed E-state index contributed by atoms with van der Waals surface area (Å²) in [5.41, 5.74) is 1.91. The first-order valence-corrected chi connectivity index (χ1v) is 9.36. The molecule has 108 valence electrons. The molecule has 3 nitrogen and oxygen atoms in total. The standard InChI is InChI=1S/C14H16BrNO2S2/c1-3-12(11-7-5-4-6-8-11)16-20(17,18)13-9-10(2)14(15)19-13/h4-9,12,16H,3H2,1-2H3. The van der Waals surface area contributed by atoms with E-state index in [-0.39, 0.29) is 6.04 Å². The Morgan fingerprint density at radius 3 is 2.45 bits per heavy atom. The minimum atomic E-state index is -3.48. The maximum atomic E-state index is 12.4. The molecule has 1 heterocycles. The van der Waals surface area contributed by atoms with Crippen molar-refractivity contribution in [1.82, 2.24) is 4.72 Å². The lowest BCUT2D eigenvalue weighted by Crippen LogP contribution is -2.27. The number of hydrogen-bond acceptors (Lipinski definition) is 3. The Bertz CT molecular complexity index is 661. The van der Waals surface area contributed by atoms with Crippen LogP contribution in [0.1, 0.15) is 30.5 Å². The van der Waals surface area contributed by atoms with Gasteiger partial charge in [0.15, 0.2) is 0 Å². The number of thiophene rings is 1. The summed E-state index contributed by atoms with van der Waals surface area (Å²) in [5.74, 6) is 0. The van der Waals surface area contributed by atoms with Gasteiger partial charge in [-0.1, -0.05) is 37.3 Å². The molecule has 1 N–H and O–H groups in total. The number of sulfonamides is 1. The second kappa shape index (κ2) is 6.39. The van der Waals surface area contributed by atoms with Crippen LogP contribution < -0.4 is 4.72 Å². The molecule has 20 heavy (non-hydrogen) atoms. The summed E-state index contributed by atoms with van der Waals surface area (Å²) >= 11 is 4.60. The van der Waals surface area contributed by atoms with Crippen molar-refractivity contribution in [2.75, 3.05) is 0 Å². The van der Waals surface area contributed by atoms with Crippen LogP contribution in [-0.2, 0) is 10.0 Å². The third-order valence-corrected chi connectivity index (χ3v) is 7.09. The van der Waals surface area contributed by atoms with Crippen molar-refractivity contribution in [3.8, 4) is 0 Å². The molecule has 0 bridgehead atoms. The second-order valence-electron chi connectivity index (χ2n) is 4.51. The predicted molar refractivity (Wildman–Crippen MR) is 86.6 cm³/mol. The van der Waals surface area contributed by atoms with Crippen molar-refractivity contribution in [1.29, 1.82) is 0 Å². The van der Waals surface area contributed by atoms with Crippen molar-refractivity contribution in [2.24, 2.45) is 0 Å². The molecule has 0 aliphatic heterocycles. The van der Waals surface area contributed by atoms with Gasteiger partial charge in [-0.25, -0.2) is 13.1 Å². The summed E-state index contributed by atoms with van der Waals surface area (Å²) < 4.78 is 28.8. The first kappa shape index (κ1) is 15.7. The number of halogens is 1. The zero-order valence-electron chi connectivity index (χ0n) is 11.3. The molecule has 0 radical (unpaired) electrons. The summed E-state index contributed by atoms with van der Waals surface area (Å²) in [6, 6.07) is 11.1. The summed E-state index contributed by atoms with van der Waals surface area (Å²) in [5, 5.41) is 0. The monoisotopic (exact) mass is 373 g/mol. The van der Waals surface area contributed by atoms with Crippen molar-refractivity contribution >= 4 is 37.3 Å². The van der Waals surface area contributed by atoms with E-state index in [1.807, 2.05) is 44.2 Å². The fraction of sp³-hybridized carbons (Fsp3) is 0.286. The topological polar surface area (TPSA) is 46.2 Å². The van der Waals surface area contributed by atoms with Gasteiger partial charge in [0.2, 0.25) is 0 Å². The molecule has 2 aromatic rings. The SMILES string of the molecule is CCC(NS(=O)(=O)c1cc(C)c(Br)s1)c1ccccc1. The number of aryl methyl sites for hydroxylation is 1. The van der Waals surface area contributed by atoms with Crippen molar-refractivity contribution in [3.05, 3.63) is 51.3 Å². The highest BCUT2D eigenvalue weighted by atomic mass is 79.9. The molecular weight excluding hydrogens is 358 g/mol. The molecule has 0 aliphatic carbocycles. The number of benzene rings is 1. The Balaban J connectivity index is 2.27. The molecule has 2 rings (SSSR count). The lowest BCUT2D eigenvalue weighted by molar-refractivity contribution is 0.552. The predicted octanol–water partition coefficient (Wildman–Crippen LogP) is 4.25. The van der Waals surface area contributed by atoms with E-state index in [2.05, 4.69) is 20.7 Å². The van der Waals surface area contributed by atoms with E-state index in [4.69, 9.17) is 0 Å². The molecule has 1 atom stereocenters. The van der Waals surface area contributed by atoms with Gasteiger partial charge in [-0.2, -0.15) is 0 Å². The molecule has 1 aromatic carbocycles. The lowest BCUT2D eigenvalue weighted by atomic mass is 10.1. The van der Waals surface area contributed by atoms with E-state index in [0.717, 1.165) is 14.9 Å². The third kappa shape index (κ3) is 3.49. The molecule has 0 spiro atoms. The Kier molecular flexibility index (Phi) is 5.01. The van der Waals surface area contributed by atoms with Gasteiger partial charge in [0.1, 0.15) is 4.21 Å². The average molecular weight is 374 g/mol. The van der Waals surface area contributed by atoms with Gasteiger partial charge in [-0.3, -0.25) is 0 Å². The van der Waals surface area contributed by atoms with Gasteiger partial charge >= 0.3 is 0 Å². The minimum Gasteiger partial charge on any atom is -0.206 e. The average Bonchev–Trinajstić information content (AvgIpc) is 2.78. The van der Waals surface area contributed by atoms with Crippen molar-refractivity contribution in [3.63, 3.8) is 0 Å². The number of rotatable bonds is 5. The molecule has 1 aromatic heterocycles. The maximum Gasteiger partial charge on any atom is 0.250 e. The van der Waals surface area contributed by atoms with Crippen molar-refractivity contribution < 1.29 is 8.42 Å². The van der Waals surface area contributed by atoms with Crippen LogP contribution in [0.5, 0.6) is 0 Å². The van der Waals surface area contributed by atoms with Gasteiger partial charge in [-0.05, 0) is 46.5 Å². The van der Waals surface area contributed by atoms with E-state index in [9.17, 15) is 8.42 Å². The molecule has 1 unspecified atom stereocenters. The first-order chi connectivity index (χ1) is 9.44. The normalized spacial score (nSPS) is 13.3. The molecule has 0 fully saturated rings. The first-order valence-electron chi connectivity index (χ1n) is 6.27. The zero-order valence-corrected chi connectivity index (χ0v) is 14.5. The van der Waals surface area contributed by atoms with Gasteiger partial charge in [0, 0.05) is 6.04 Å². The third-order valence-electron chi connectivity index (χ3n) is 3.01. The van der Waals surface area contributed by atoms with Crippen LogP contribution in [0, 0.1) is 6.92 Å². The fourth-order valence-electron chi connectivity index (χ4n) is 1.88. The fourth-order valence-corrected chi connectivity index (χ4v) is 5.43. The largest absolute Gasteiger partial charge is 0.250 e. The van der Waals surface area contributed by atoms with E-state index in [1.165, 1.54) is 11.3 Å². The maximum absolute atomic E-state index is 12.4. The van der Waals surface area contributed by atoms with Crippen LogP contribution in [-0.4, -0.2) is 8.42 Å². The zero-order chi connectivity index (χ0) is 14.8. The van der Waals surface area contributed by atoms with Crippen LogP contribution >= 0.6 is 27.3 Å². The highest BCUT2D eigenvalue weighted by molar-refractivity contribution is 9.11. The Morgan fingerprint density at radius 1 is 1.30 bits per heavy atom. The highest BCUT2D eigenvalue weighted by Gasteiger charge is 2.22. The van der Waals surface area contributed by atoms with Gasteiger partial charge in [0.05, 0.1) is 3.79 Å². The van der Waals surface area contributed by atoms with Crippen LogP contribution in [0.4, 0.5) is 0 Å². The summed E-state index contributed by atoms with van der Waals surface area (Å²) in [7, 11) is -3.48. The summed E-state index contributed by atoms with van der Waals surface area (Å²) in [4.78, 5) is 0. The quantitative estimate of drug-likeness (QED) is 0.851. The van der Waals surface area contributed by atoms with Gasteiger partial charge in [-0.15, -0.1) is 11.3 Å². The molecule has 0 amide bonds. The molecular formula is C14H16BrNO2S2. The number of hydrogen-bond donors (Lipinski definition) is 1. The van der Waals surface area contributed by atoms with Crippen molar-refractivity contribution in [2.45, 2.75) is 30.5 Å². The summed E-state index contributed by atoms with van der Waals surface area (Å²) in [6.45, 7) is 3.85. The van der Waals surface area contributed by atoms with E-state index in [0.29, 0.717) is 10.6 Å². The summed E-state index contributed by atoms with van der Waals surface area (Å²) in [6.07, 6.45) is 0.703. The highest BCUT2D eigenvalue weighted by Crippen LogP contribution is 2.31. The van der Waals surface area contributed by atoms with E-state index in [1.54, 1.807) is 6.07 Å². The van der Waals surface area contributed by atoms with Gasteiger partial charge in [0.25, 0.3) is 10.0 Å². The van der Waals surface area contributed by atoms with Crippen LogP contribution in [0.2, 0.25) is 0 Å². The molecule has 0 saturated carbocycles. The molecule has 0 saturated heterocycles. The lowest BCUT2D eigenvalue weighted by Gasteiger charge is -2.16. The second-order valence-corrected chi connectivity index (χ2v) is 8.83. The van der Waals surface area contributed by atoms with E-state index < -0.39 is 10.0 Å². The minimum absolute atomic E-state index is 0.206. The van der Waals surface area contributed by atoms with E-state index >= 15 is 0 Å². The van der Waals surface area contributed by atoms with Gasteiger partial charge < -0.3 is 0 Å². The number of nitrogens with one attached hydrogen (secondary N) is 1. The van der Waals surface area contributed by atoms with Crippen LogP contribution in [0.3, 0.4) is 0 Å². The Morgan fingerprint density at radius 2 is 1.95 bits per heavy atom.